The third-order valence-electron chi connectivity index (χ3n) is 4.11. The van der Waals surface area contributed by atoms with Crippen LogP contribution >= 0.6 is 15.9 Å². The van der Waals surface area contributed by atoms with E-state index in [1.807, 2.05) is 6.07 Å². The molecule has 0 saturated carbocycles. The third-order valence-corrected chi connectivity index (χ3v) is 4.65. The maximum Gasteiger partial charge on any atom is 0.208 e. The van der Waals surface area contributed by atoms with Gasteiger partial charge in [0, 0.05) is 12.3 Å². The molecule has 20 heavy (non-hydrogen) atoms. The number of halogens is 1. The second-order valence-corrected chi connectivity index (χ2v) is 5.89. The lowest BCUT2D eigenvalue weighted by Gasteiger charge is -2.38. The molecule has 4 nitrogen and oxygen atoms in total. The number of nitrogens with zero attached hydrogens (tertiary/aromatic N) is 1. The number of hydrogen-bond acceptors (Lipinski definition) is 4. The van der Waals surface area contributed by atoms with Crippen LogP contribution < -0.4 is 0 Å². The van der Waals surface area contributed by atoms with E-state index in [-0.39, 0.29) is 5.92 Å². The summed E-state index contributed by atoms with van der Waals surface area (Å²) in [6, 6.07) is 10.4. The van der Waals surface area contributed by atoms with E-state index >= 15 is 0 Å². The molecule has 2 aromatic rings. The van der Waals surface area contributed by atoms with Gasteiger partial charge in [-0.2, -0.15) is 0 Å². The summed E-state index contributed by atoms with van der Waals surface area (Å²) in [7, 11) is 0. The third kappa shape index (κ3) is 1.70. The SMILES string of the molecule is Brc1noc2c1C1(OCCO1)C(c1ccccc1)CC2. The fourth-order valence-corrected chi connectivity index (χ4v) is 3.86. The Morgan fingerprint density at radius 1 is 1.15 bits per heavy atom. The molecule has 2 aliphatic rings. The molecule has 4 rings (SSSR count). The number of aryl methyl sites for hydroxylation is 1. The van der Waals surface area contributed by atoms with Crippen molar-refractivity contribution in [1.29, 1.82) is 0 Å². The van der Waals surface area contributed by atoms with Crippen molar-refractivity contribution >= 4 is 15.9 Å². The molecule has 104 valence electrons. The molecule has 2 heterocycles. The maximum atomic E-state index is 6.06. The molecular weight excluding hydrogens is 322 g/mol. The summed E-state index contributed by atoms with van der Waals surface area (Å²) in [5.74, 6) is 0.272. The van der Waals surface area contributed by atoms with Gasteiger partial charge in [0.2, 0.25) is 5.79 Å². The van der Waals surface area contributed by atoms with Crippen LogP contribution in [0.4, 0.5) is 0 Å². The van der Waals surface area contributed by atoms with Crippen molar-refractivity contribution in [3.05, 3.63) is 51.8 Å². The van der Waals surface area contributed by atoms with Gasteiger partial charge >= 0.3 is 0 Å². The molecular formula is C15H14BrNO3. The van der Waals surface area contributed by atoms with Crippen molar-refractivity contribution < 1.29 is 14.0 Å². The average Bonchev–Trinajstić information content (AvgIpc) is 3.09. The van der Waals surface area contributed by atoms with Crippen molar-refractivity contribution in [2.45, 2.75) is 24.5 Å². The van der Waals surface area contributed by atoms with E-state index in [2.05, 4.69) is 45.4 Å². The van der Waals surface area contributed by atoms with Crippen LogP contribution in [0.1, 0.15) is 29.2 Å². The van der Waals surface area contributed by atoms with E-state index in [1.165, 1.54) is 5.56 Å². The molecule has 1 atom stereocenters. The van der Waals surface area contributed by atoms with E-state index in [0.717, 1.165) is 24.2 Å². The van der Waals surface area contributed by atoms with Gasteiger partial charge < -0.3 is 14.0 Å². The molecule has 0 bridgehead atoms. The Morgan fingerprint density at radius 3 is 2.65 bits per heavy atom. The Morgan fingerprint density at radius 2 is 1.90 bits per heavy atom. The predicted octanol–water partition coefficient (Wildman–Crippen LogP) is 3.37. The number of benzene rings is 1. The average molecular weight is 336 g/mol. The summed E-state index contributed by atoms with van der Waals surface area (Å²) in [6.45, 7) is 1.20. The maximum absolute atomic E-state index is 6.06. The van der Waals surface area contributed by atoms with Crippen molar-refractivity contribution in [1.82, 2.24) is 5.16 Å². The monoisotopic (exact) mass is 335 g/mol. The Balaban J connectivity index is 1.87. The summed E-state index contributed by atoms with van der Waals surface area (Å²) < 4.78 is 18.2. The van der Waals surface area contributed by atoms with Crippen molar-refractivity contribution in [2.75, 3.05) is 13.2 Å². The van der Waals surface area contributed by atoms with E-state index in [1.54, 1.807) is 0 Å². The fraction of sp³-hybridized carbons (Fsp3) is 0.400. The van der Waals surface area contributed by atoms with Crippen molar-refractivity contribution in [2.24, 2.45) is 0 Å². The molecule has 1 aliphatic carbocycles. The van der Waals surface area contributed by atoms with Gasteiger partial charge in [0.05, 0.1) is 18.8 Å². The van der Waals surface area contributed by atoms with Crippen LogP contribution in [0.5, 0.6) is 0 Å². The first-order valence-electron chi connectivity index (χ1n) is 6.78. The van der Waals surface area contributed by atoms with Gasteiger partial charge in [-0.3, -0.25) is 0 Å². The zero-order chi connectivity index (χ0) is 13.6. The van der Waals surface area contributed by atoms with E-state index in [4.69, 9.17) is 14.0 Å². The Kier molecular flexibility index (Phi) is 2.94. The van der Waals surface area contributed by atoms with Gasteiger partial charge in [-0.1, -0.05) is 35.5 Å². The van der Waals surface area contributed by atoms with Gasteiger partial charge in [-0.05, 0) is 27.9 Å². The zero-order valence-electron chi connectivity index (χ0n) is 10.8. The van der Waals surface area contributed by atoms with Crippen LogP contribution in [0.2, 0.25) is 0 Å². The minimum atomic E-state index is -0.756. The van der Waals surface area contributed by atoms with E-state index in [9.17, 15) is 0 Å². The number of ether oxygens (including phenoxy) is 2. The molecule has 1 aromatic carbocycles. The highest BCUT2D eigenvalue weighted by atomic mass is 79.9. The fourth-order valence-electron chi connectivity index (χ4n) is 3.30. The summed E-state index contributed by atoms with van der Waals surface area (Å²) in [5.41, 5.74) is 2.16. The standard InChI is InChI=1S/C15H14BrNO3/c16-14-13-12(20-17-14)7-6-11(10-4-2-1-3-5-10)15(13)18-8-9-19-15/h1-5,11H,6-9H2. The van der Waals surface area contributed by atoms with Crippen LogP contribution in [-0.4, -0.2) is 18.4 Å². The molecule has 1 unspecified atom stereocenters. The molecule has 5 heteroatoms. The minimum absolute atomic E-state index is 0.161. The smallest absolute Gasteiger partial charge is 0.208 e. The summed E-state index contributed by atoms with van der Waals surface area (Å²) in [4.78, 5) is 0. The topological polar surface area (TPSA) is 44.5 Å². The molecule has 1 saturated heterocycles. The van der Waals surface area contributed by atoms with Gasteiger partial charge in [-0.15, -0.1) is 0 Å². The van der Waals surface area contributed by atoms with Crippen LogP contribution in [0.15, 0.2) is 39.5 Å². The Hall–Kier alpha value is -1.17. The lowest BCUT2D eigenvalue weighted by molar-refractivity contribution is -0.191. The molecule has 1 spiro atoms. The first-order chi connectivity index (χ1) is 9.81. The first-order valence-corrected chi connectivity index (χ1v) is 7.58. The lowest BCUT2D eigenvalue weighted by Crippen LogP contribution is -2.39. The van der Waals surface area contributed by atoms with Crippen LogP contribution in [-0.2, 0) is 21.7 Å². The van der Waals surface area contributed by atoms with E-state index < -0.39 is 5.79 Å². The molecule has 0 N–H and O–H groups in total. The van der Waals surface area contributed by atoms with Gasteiger partial charge in [0.1, 0.15) is 5.76 Å². The second-order valence-electron chi connectivity index (χ2n) is 5.14. The van der Waals surface area contributed by atoms with Crippen LogP contribution in [0.25, 0.3) is 0 Å². The first kappa shape index (κ1) is 12.6. The quantitative estimate of drug-likeness (QED) is 0.801. The minimum Gasteiger partial charge on any atom is -0.360 e. The number of aromatic nitrogens is 1. The summed E-state index contributed by atoms with van der Waals surface area (Å²) in [5, 5.41) is 4.03. The number of rotatable bonds is 1. The number of fused-ring (bicyclic) bond motifs is 2. The molecule has 0 radical (unpaired) electrons. The normalized spacial score (nSPS) is 23.9. The molecule has 1 aliphatic heterocycles. The Labute approximate surface area is 125 Å². The van der Waals surface area contributed by atoms with Crippen molar-refractivity contribution in [3.63, 3.8) is 0 Å². The number of hydrogen-bond donors (Lipinski definition) is 0. The Bertz CT molecular complexity index is 619. The van der Waals surface area contributed by atoms with Gasteiger partial charge in [0.15, 0.2) is 4.60 Å². The molecule has 1 aromatic heterocycles. The summed E-state index contributed by atoms with van der Waals surface area (Å²) >= 11 is 3.47. The van der Waals surface area contributed by atoms with Gasteiger partial charge in [-0.25, -0.2) is 0 Å². The highest BCUT2D eigenvalue weighted by Gasteiger charge is 2.53. The van der Waals surface area contributed by atoms with E-state index in [0.29, 0.717) is 17.8 Å². The lowest BCUT2D eigenvalue weighted by atomic mass is 9.78. The molecule has 0 amide bonds. The predicted molar refractivity (Wildman–Crippen MR) is 75.3 cm³/mol. The summed E-state index contributed by atoms with van der Waals surface area (Å²) in [6.07, 6.45) is 1.78. The highest BCUT2D eigenvalue weighted by molar-refractivity contribution is 9.10. The van der Waals surface area contributed by atoms with Crippen LogP contribution in [0, 0.1) is 0 Å². The largest absolute Gasteiger partial charge is 0.360 e. The van der Waals surface area contributed by atoms with Crippen LogP contribution in [0.3, 0.4) is 0 Å². The second kappa shape index (κ2) is 4.69. The zero-order valence-corrected chi connectivity index (χ0v) is 12.4. The highest BCUT2D eigenvalue weighted by Crippen LogP contribution is 2.52. The van der Waals surface area contributed by atoms with Gasteiger partial charge in [0.25, 0.3) is 0 Å². The molecule has 1 fully saturated rings. The van der Waals surface area contributed by atoms with Crippen molar-refractivity contribution in [3.8, 4) is 0 Å².